The van der Waals surface area contributed by atoms with Gasteiger partial charge in [-0.1, -0.05) is 36.4 Å². The second kappa shape index (κ2) is 9.70. The van der Waals surface area contributed by atoms with Gasteiger partial charge in [0, 0.05) is 11.5 Å². The average molecular weight is 512 g/mol. The van der Waals surface area contributed by atoms with Crippen LogP contribution in [0.1, 0.15) is 41.5 Å². The van der Waals surface area contributed by atoms with E-state index in [1.807, 2.05) is 88.6 Å². The van der Waals surface area contributed by atoms with Crippen LogP contribution in [0.15, 0.2) is 60.7 Å². The van der Waals surface area contributed by atoms with E-state index < -0.39 is 19.8 Å². The van der Waals surface area contributed by atoms with Gasteiger partial charge in [-0.2, -0.15) is 5.10 Å². The third-order valence-electron chi connectivity index (χ3n) is 4.77. The largest absolute Gasteiger partial charge is 0.507 e. The molecule has 9 heteroatoms. The van der Waals surface area contributed by atoms with Crippen molar-refractivity contribution in [2.24, 2.45) is 0 Å². The molecule has 0 bridgehead atoms. The normalized spacial score (nSPS) is 12.4. The molecular formula is C26H30N3O4PS. The number of phenolic OH excluding ortho intramolecular Hbond substituents is 1. The highest BCUT2D eigenvalue weighted by Gasteiger charge is 2.29. The van der Waals surface area contributed by atoms with Gasteiger partial charge in [0.15, 0.2) is 10.6 Å². The lowest BCUT2D eigenvalue weighted by molar-refractivity contribution is 0.0504. The predicted molar refractivity (Wildman–Crippen MR) is 143 cm³/mol. The van der Waals surface area contributed by atoms with Crippen molar-refractivity contribution < 1.29 is 18.7 Å². The topological polar surface area (TPSA) is 81.5 Å². The number of phenols is 1. The molecule has 0 aliphatic heterocycles. The summed E-state index contributed by atoms with van der Waals surface area (Å²) in [6.45, 7) is 11.6. The monoisotopic (exact) mass is 511 g/mol. The summed E-state index contributed by atoms with van der Waals surface area (Å²) in [5.41, 5.74) is 0.461. The van der Waals surface area contributed by atoms with Gasteiger partial charge in [-0.25, -0.2) is 0 Å². The molecule has 0 radical (unpaired) electrons. The van der Waals surface area contributed by atoms with E-state index in [9.17, 15) is 5.11 Å². The molecule has 7 nitrogen and oxygen atoms in total. The van der Waals surface area contributed by atoms with Crippen molar-refractivity contribution in [3.05, 3.63) is 65.4 Å². The first-order chi connectivity index (χ1) is 16.4. The van der Waals surface area contributed by atoms with Gasteiger partial charge in [-0.3, -0.25) is 18.7 Å². The molecule has 1 aromatic heterocycles. The van der Waals surface area contributed by atoms with E-state index in [-0.39, 0.29) is 5.75 Å². The molecule has 0 fully saturated rings. The van der Waals surface area contributed by atoms with Gasteiger partial charge in [0.05, 0.1) is 22.5 Å². The van der Waals surface area contributed by atoms with Crippen molar-refractivity contribution in [3.8, 4) is 28.6 Å². The Morgan fingerprint density at radius 1 is 0.914 bits per heavy atom. The Morgan fingerprint density at radius 2 is 1.57 bits per heavy atom. The number of aromatic amines is 1. The molecule has 0 saturated heterocycles. The zero-order valence-corrected chi connectivity index (χ0v) is 22.4. The first kappa shape index (κ1) is 25.3. The van der Waals surface area contributed by atoms with Crippen molar-refractivity contribution in [2.45, 2.75) is 52.7 Å². The highest BCUT2D eigenvalue weighted by atomic mass is 32.1. The van der Waals surface area contributed by atoms with E-state index in [1.54, 1.807) is 12.1 Å². The highest BCUT2D eigenvalue weighted by molar-refractivity contribution is 7.71. The summed E-state index contributed by atoms with van der Waals surface area (Å²) in [4.78, 5) is 0. The molecule has 35 heavy (non-hydrogen) atoms. The smallest absolute Gasteiger partial charge is 0.398 e. The predicted octanol–water partition coefficient (Wildman–Crippen LogP) is 7.69. The van der Waals surface area contributed by atoms with Gasteiger partial charge in [0.1, 0.15) is 11.5 Å². The van der Waals surface area contributed by atoms with Crippen molar-refractivity contribution in [3.63, 3.8) is 0 Å². The summed E-state index contributed by atoms with van der Waals surface area (Å²) in [7, 11) is -1.70. The minimum Gasteiger partial charge on any atom is -0.507 e. The quantitative estimate of drug-likeness (QED) is 0.204. The number of H-pyrrole nitrogens is 1. The summed E-state index contributed by atoms with van der Waals surface area (Å²) >= 11 is 5.55. The van der Waals surface area contributed by atoms with Crippen molar-refractivity contribution in [1.82, 2.24) is 14.8 Å². The molecule has 2 N–H and O–H groups in total. The van der Waals surface area contributed by atoms with Crippen LogP contribution in [-0.2, 0) is 9.05 Å². The maximum absolute atomic E-state index is 11.0. The number of rotatable bonds is 6. The van der Waals surface area contributed by atoms with E-state index in [0.29, 0.717) is 21.9 Å². The van der Waals surface area contributed by atoms with Crippen molar-refractivity contribution in [2.75, 3.05) is 0 Å². The second-order valence-electron chi connectivity index (χ2n) is 10.1. The van der Waals surface area contributed by atoms with Gasteiger partial charge in [0.2, 0.25) is 0 Å². The van der Waals surface area contributed by atoms with Gasteiger partial charge in [0.25, 0.3) is 0 Å². The van der Waals surface area contributed by atoms with E-state index >= 15 is 0 Å². The number of hydrogen-bond acceptors (Lipinski definition) is 6. The second-order valence-corrected chi connectivity index (χ2v) is 11.5. The Bertz CT molecular complexity index is 1380. The third-order valence-corrected chi connectivity index (χ3v) is 6.79. The zero-order valence-electron chi connectivity index (χ0n) is 20.7. The summed E-state index contributed by atoms with van der Waals surface area (Å²) < 4.78 is 20.3. The van der Waals surface area contributed by atoms with Crippen LogP contribution in [0.25, 0.3) is 27.8 Å². The van der Waals surface area contributed by atoms with Crippen LogP contribution in [-0.4, -0.2) is 31.1 Å². The molecule has 0 spiro atoms. The van der Waals surface area contributed by atoms with Gasteiger partial charge >= 0.3 is 8.60 Å². The molecule has 0 aliphatic carbocycles. The number of nitrogens with one attached hydrogen (secondary N) is 1. The van der Waals surface area contributed by atoms with Crippen LogP contribution in [0.3, 0.4) is 0 Å². The van der Waals surface area contributed by atoms with E-state index in [1.165, 1.54) is 6.07 Å². The Balaban J connectivity index is 1.70. The molecule has 0 saturated carbocycles. The summed E-state index contributed by atoms with van der Waals surface area (Å²) in [5, 5.41) is 20.3. The SMILES string of the molecule is CC(C)(C)OP(Oc1ccc(-c2n[nH]c(=S)n2-c2cccc3ccccc23)c(O)c1)OC(C)(C)C. The maximum Gasteiger partial charge on any atom is 0.398 e. The molecule has 0 amide bonds. The average Bonchev–Trinajstić information content (AvgIpc) is 3.12. The Kier molecular flexibility index (Phi) is 7.02. The maximum atomic E-state index is 11.0. The third kappa shape index (κ3) is 6.08. The van der Waals surface area contributed by atoms with Crippen LogP contribution >= 0.6 is 20.8 Å². The molecule has 0 unspecified atom stereocenters. The molecule has 184 valence electrons. The van der Waals surface area contributed by atoms with Crippen LogP contribution in [0.5, 0.6) is 11.5 Å². The standard InChI is InChI=1S/C26H30N3O4PS/c1-25(2,3)32-34(33-26(4,5)6)31-18-14-15-20(22(30)16-18)23-27-28-24(35)29(23)21-13-9-11-17-10-7-8-12-19(17)21/h7-16,30H,1-6H3,(H,28,35). The number of benzene rings is 3. The first-order valence-corrected chi connectivity index (χ1v) is 12.8. The summed E-state index contributed by atoms with van der Waals surface area (Å²) in [6.07, 6.45) is 0. The number of fused-ring (bicyclic) bond motifs is 1. The molecular weight excluding hydrogens is 481 g/mol. The van der Waals surface area contributed by atoms with E-state index in [0.717, 1.165) is 16.5 Å². The van der Waals surface area contributed by atoms with Crippen LogP contribution in [0.2, 0.25) is 0 Å². The van der Waals surface area contributed by atoms with Crippen LogP contribution in [0.4, 0.5) is 0 Å². The van der Waals surface area contributed by atoms with Crippen LogP contribution in [0, 0.1) is 4.77 Å². The number of aromatic hydroxyl groups is 1. The Hall–Kier alpha value is -2.77. The molecule has 1 heterocycles. The van der Waals surface area contributed by atoms with Gasteiger partial charge < -0.3 is 9.63 Å². The molecule has 4 aromatic rings. The zero-order chi connectivity index (χ0) is 25.4. The minimum absolute atomic E-state index is 0.000506. The number of aromatic nitrogens is 3. The molecule has 0 atom stereocenters. The lowest BCUT2D eigenvalue weighted by atomic mass is 10.1. The van der Waals surface area contributed by atoms with Crippen molar-refractivity contribution in [1.29, 1.82) is 0 Å². The number of nitrogens with zero attached hydrogens (tertiary/aromatic N) is 2. The minimum atomic E-state index is -1.70. The number of hydrogen-bond donors (Lipinski definition) is 2. The fourth-order valence-corrected chi connectivity index (χ4v) is 4.97. The van der Waals surface area contributed by atoms with Crippen LogP contribution < -0.4 is 4.52 Å². The van der Waals surface area contributed by atoms with E-state index in [2.05, 4.69) is 10.2 Å². The summed E-state index contributed by atoms with van der Waals surface area (Å²) in [5.74, 6) is 0.922. The molecule has 0 aliphatic rings. The summed E-state index contributed by atoms with van der Waals surface area (Å²) in [6, 6.07) is 19.1. The van der Waals surface area contributed by atoms with Gasteiger partial charge in [-0.15, -0.1) is 0 Å². The molecule has 4 rings (SSSR count). The lowest BCUT2D eigenvalue weighted by Crippen LogP contribution is -2.23. The first-order valence-electron chi connectivity index (χ1n) is 11.3. The van der Waals surface area contributed by atoms with Gasteiger partial charge in [-0.05, 0) is 77.3 Å². The highest BCUT2D eigenvalue weighted by Crippen LogP contribution is 2.48. The van der Waals surface area contributed by atoms with Crippen molar-refractivity contribution >= 4 is 31.6 Å². The fourth-order valence-electron chi connectivity index (χ4n) is 3.45. The Morgan fingerprint density at radius 3 is 2.23 bits per heavy atom. The van der Waals surface area contributed by atoms with E-state index in [4.69, 9.17) is 25.8 Å². The fraction of sp³-hybridized carbons (Fsp3) is 0.308. The lowest BCUT2D eigenvalue weighted by Gasteiger charge is -2.30. The Labute approximate surface area is 211 Å². The molecule has 3 aromatic carbocycles.